The molecule has 0 atom stereocenters. The number of fused-ring (bicyclic) bond motifs is 1. The highest BCUT2D eigenvalue weighted by atomic mass is 32.2. The van der Waals surface area contributed by atoms with Crippen LogP contribution in [0.25, 0.3) is 10.9 Å². The highest BCUT2D eigenvalue weighted by Gasteiger charge is 2.28. The summed E-state index contributed by atoms with van der Waals surface area (Å²) < 4.78 is 29.1. The number of aromatic nitrogens is 1. The van der Waals surface area contributed by atoms with Gasteiger partial charge in [-0.05, 0) is 50.8 Å². The van der Waals surface area contributed by atoms with E-state index in [2.05, 4.69) is 5.32 Å². The second kappa shape index (κ2) is 7.91. The van der Waals surface area contributed by atoms with E-state index >= 15 is 0 Å². The van der Waals surface area contributed by atoms with Crippen molar-refractivity contribution in [2.24, 2.45) is 0 Å². The third-order valence-corrected chi connectivity index (χ3v) is 7.92. The van der Waals surface area contributed by atoms with Crippen LogP contribution in [0.15, 0.2) is 34.1 Å². The molecule has 1 aromatic carbocycles. The number of nitrogens with zero attached hydrogens (tertiary/aromatic N) is 2. The number of sulfonamides is 1. The molecule has 7 nitrogen and oxygen atoms in total. The lowest BCUT2D eigenvalue weighted by molar-refractivity contribution is 0.0936. The summed E-state index contributed by atoms with van der Waals surface area (Å²) in [6.45, 7) is 3.50. The van der Waals surface area contributed by atoms with Crippen LogP contribution in [0.5, 0.6) is 0 Å². The Labute approximate surface area is 170 Å². The Bertz CT molecular complexity index is 1090. The first-order valence-electron chi connectivity index (χ1n) is 10.4. The molecule has 0 unspecified atom stereocenters. The number of hydrogen-bond donors (Lipinski definition) is 1. The largest absolute Gasteiger partial charge is 0.349 e. The fourth-order valence-electron chi connectivity index (χ4n) is 4.37. The zero-order valence-electron chi connectivity index (χ0n) is 16.7. The van der Waals surface area contributed by atoms with Crippen molar-refractivity contribution in [2.75, 3.05) is 13.1 Å². The van der Waals surface area contributed by atoms with Crippen molar-refractivity contribution in [1.29, 1.82) is 0 Å². The summed E-state index contributed by atoms with van der Waals surface area (Å²) in [4.78, 5) is 26.0. The lowest BCUT2D eigenvalue weighted by atomic mass is 10.1. The van der Waals surface area contributed by atoms with Gasteiger partial charge in [0, 0.05) is 37.3 Å². The van der Waals surface area contributed by atoms with Crippen LogP contribution in [0.4, 0.5) is 0 Å². The predicted octanol–water partition coefficient (Wildman–Crippen LogP) is 2.48. The van der Waals surface area contributed by atoms with E-state index in [0.717, 1.165) is 38.5 Å². The van der Waals surface area contributed by atoms with Gasteiger partial charge in [0.1, 0.15) is 5.56 Å². The Hall–Kier alpha value is -2.19. The monoisotopic (exact) mass is 417 g/mol. The number of rotatable bonds is 5. The minimum atomic E-state index is -3.63. The number of benzene rings is 1. The van der Waals surface area contributed by atoms with Crippen LogP contribution >= 0.6 is 0 Å². The maximum Gasteiger partial charge on any atom is 0.256 e. The molecule has 29 heavy (non-hydrogen) atoms. The summed E-state index contributed by atoms with van der Waals surface area (Å²) in [5.41, 5.74) is 0.288. The summed E-state index contributed by atoms with van der Waals surface area (Å²) in [7, 11) is -3.63. The van der Waals surface area contributed by atoms with Gasteiger partial charge in [-0.15, -0.1) is 0 Å². The zero-order chi connectivity index (χ0) is 20.6. The number of carbonyl (C=O) groups is 1. The first-order chi connectivity index (χ1) is 13.9. The Balaban J connectivity index is 1.79. The molecule has 1 saturated carbocycles. The van der Waals surface area contributed by atoms with Crippen LogP contribution in [-0.4, -0.2) is 42.3 Å². The molecule has 1 aromatic heterocycles. The number of pyridine rings is 1. The zero-order valence-corrected chi connectivity index (χ0v) is 17.5. The number of carbonyl (C=O) groups excluding carboxylic acids is 1. The normalized spacial score (nSPS) is 18.5. The van der Waals surface area contributed by atoms with Crippen molar-refractivity contribution in [2.45, 2.75) is 62.9 Å². The van der Waals surface area contributed by atoms with Gasteiger partial charge in [-0.25, -0.2) is 8.42 Å². The molecule has 1 aliphatic heterocycles. The minimum absolute atomic E-state index is 0.0713. The maximum atomic E-state index is 13.1. The minimum Gasteiger partial charge on any atom is -0.349 e. The second-order valence-electron chi connectivity index (χ2n) is 7.90. The maximum absolute atomic E-state index is 13.1. The SMILES string of the molecule is CCn1cc(C(=O)NC2CCCC2)c(=O)c2cc(S(=O)(=O)N3CCCC3)ccc21. The topological polar surface area (TPSA) is 88.5 Å². The molecule has 156 valence electrons. The molecule has 2 fully saturated rings. The first kappa shape index (κ1) is 20.1. The summed E-state index contributed by atoms with van der Waals surface area (Å²) in [6, 6.07) is 4.76. The van der Waals surface area contributed by atoms with Crippen molar-refractivity contribution >= 4 is 26.8 Å². The number of amides is 1. The lowest BCUT2D eigenvalue weighted by Gasteiger charge is -2.17. The third-order valence-electron chi connectivity index (χ3n) is 6.03. The Morgan fingerprint density at radius 1 is 1.14 bits per heavy atom. The quantitative estimate of drug-likeness (QED) is 0.809. The van der Waals surface area contributed by atoms with Gasteiger partial charge in [0.05, 0.1) is 10.4 Å². The van der Waals surface area contributed by atoms with Gasteiger partial charge in [-0.2, -0.15) is 4.31 Å². The van der Waals surface area contributed by atoms with Crippen molar-refractivity contribution in [3.05, 3.63) is 40.2 Å². The summed E-state index contributed by atoms with van der Waals surface area (Å²) in [6.07, 6.45) is 7.31. The highest BCUT2D eigenvalue weighted by molar-refractivity contribution is 7.89. The predicted molar refractivity (Wildman–Crippen MR) is 112 cm³/mol. The van der Waals surface area contributed by atoms with Crippen LogP contribution in [0, 0.1) is 0 Å². The molecule has 1 aliphatic carbocycles. The Morgan fingerprint density at radius 3 is 2.48 bits per heavy atom. The van der Waals surface area contributed by atoms with E-state index in [9.17, 15) is 18.0 Å². The molecule has 2 heterocycles. The van der Waals surface area contributed by atoms with E-state index in [1.54, 1.807) is 18.3 Å². The van der Waals surface area contributed by atoms with Crippen molar-refractivity contribution in [3.63, 3.8) is 0 Å². The molecule has 1 amide bonds. The molecule has 0 bridgehead atoms. The molecular weight excluding hydrogens is 390 g/mol. The van der Waals surface area contributed by atoms with Crippen LogP contribution in [0.3, 0.4) is 0 Å². The second-order valence-corrected chi connectivity index (χ2v) is 9.84. The fourth-order valence-corrected chi connectivity index (χ4v) is 5.92. The molecule has 4 rings (SSSR count). The van der Waals surface area contributed by atoms with Crippen molar-refractivity contribution in [3.8, 4) is 0 Å². The summed E-state index contributed by atoms with van der Waals surface area (Å²) in [5, 5.41) is 3.23. The average molecular weight is 418 g/mol. The molecular formula is C21H27N3O4S. The molecule has 1 N–H and O–H groups in total. The van der Waals surface area contributed by atoms with E-state index in [0.29, 0.717) is 25.2 Å². The van der Waals surface area contributed by atoms with Gasteiger partial charge >= 0.3 is 0 Å². The smallest absolute Gasteiger partial charge is 0.256 e. The highest BCUT2D eigenvalue weighted by Crippen LogP contribution is 2.24. The van der Waals surface area contributed by atoms with E-state index in [1.165, 1.54) is 10.4 Å². The first-order valence-corrected chi connectivity index (χ1v) is 11.8. The molecule has 2 aliphatic rings. The molecule has 0 radical (unpaired) electrons. The van der Waals surface area contributed by atoms with Crippen molar-refractivity contribution in [1.82, 2.24) is 14.2 Å². The standard InChI is InChI=1S/C21H27N3O4S/c1-2-23-14-18(21(26)22-15-7-3-4-8-15)20(25)17-13-16(9-10-19(17)23)29(27,28)24-11-5-6-12-24/h9-10,13-15H,2-8,11-12H2,1H3,(H,22,26). The number of aryl methyl sites for hydroxylation is 1. The summed E-state index contributed by atoms with van der Waals surface area (Å²) in [5.74, 6) is -0.376. The van der Waals surface area contributed by atoms with Gasteiger partial charge in [0.2, 0.25) is 15.5 Å². The van der Waals surface area contributed by atoms with Gasteiger partial charge < -0.3 is 9.88 Å². The average Bonchev–Trinajstić information content (AvgIpc) is 3.42. The molecule has 0 spiro atoms. The Morgan fingerprint density at radius 2 is 1.83 bits per heavy atom. The van der Waals surface area contributed by atoms with Crippen LogP contribution in [0.2, 0.25) is 0 Å². The number of nitrogens with one attached hydrogen (secondary N) is 1. The van der Waals surface area contributed by atoms with E-state index < -0.39 is 15.5 Å². The van der Waals surface area contributed by atoms with Crippen LogP contribution in [0.1, 0.15) is 55.8 Å². The van der Waals surface area contributed by atoms with Crippen molar-refractivity contribution < 1.29 is 13.2 Å². The molecule has 2 aromatic rings. The van der Waals surface area contributed by atoms with Gasteiger partial charge in [0.15, 0.2) is 0 Å². The van der Waals surface area contributed by atoms with Crippen LogP contribution in [-0.2, 0) is 16.6 Å². The van der Waals surface area contributed by atoms with Gasteiger partial charge in [-0.1, -0.05) is 12.8 Å². The molecule has 1 saturated heterocycles. The van der Waals surface area contributed by atoms with E-state index in [1.807, 2.05) is 11.5 Å². The third kappa shape index (κ3) is 3.71. The lowest BCUT2D eigenvalue weighted by Crippen LogP contribution is -2.36. The fraction of sp³-hybridized carbons (Fsp3) is 0.524. The van der Waals surface area contributed by atoms with Gasteiger partial charge in [0.25, 0.3) is 5.91 Å². The van der Waals surface area contributed by atoms with E-state index in [-0.39, 0.29) is 27.8 Å². The number of hydrogen-bond acceptors (Lipinski definition) is 4. The van der Waals surface area contributed by atoms with Crippen LogP contribution < -0.4 is 10.7 Å². The van der Waals surface area contributed by atoms with E-state index in [4.69, 9.17) is 0 Å². The Kier molecular flexibility index (Phi) is 5.48. The molecule has 8 heteroatoms. The van der Waals surface area contributed by atoms with Gasteiger partial charge in [-0.3, -0.25) is 9.59 Å². The summed E-state index contributed by atoms with van der Waals surface area (Å²) >= 11 is 0.